The summed E-state index contributed by atoms with van der Waals surface area (Å²) in [6.07, 6.45) is 10.1. The lowest BCUT2D eigenvalue weighted by atomic mass is 9.90. The molecule has 3 aromatic heterocycles. The van der Waals surface area contributed by atoms with E-state index in [4.69, 9.17) is 5.73 Å². The molecule has 9 nitrogen and oxygen atoms in total. The van der Waals surface area contributed by atoms with Crippen molar-refractivity contribution in [3.05, 3.63) is 65.1 Å². The van der Waals surface area contributed by atoms with Crippen LogP contribution in [0.4, 0.5) is 0 Å². The number of carbonyl (C=O) groups is 1. The highest BCUT2D eigenvalue weighted by Crippen LogP contribution is 2.34. The van der Waals surface area contributed by atoms with Crippen molar-refractivity contribution in [1.82, 2.24) is 24.4 Å². The number of aromatic nitrogens is 4. The third kappa shape index (κ3) is 4.52. The summed E-state index contributed by atoms with van der Waals surface area (Å²) in [6, 6.07) is 10.3. The first-order chi connectivity index (χ1) is 17.9. The molecule has 0 radical (unpaired) electrons. The summed E-state index contributed by atoms with van der Waals surface area (Å²) < 4.78 is 3.62. The zero-order valence-corrected chi connectivity index (χ0v) is 21.3. The number of hydrogen-bond donors (Lipinski definition) is 2. The molecule has 1 amide bonds. The standard InChI is InChI=1S/C28H31N7O2/c1-17(36)33-21-6-8-22(9-7-21)35-27-23-12-18(4-11-25(23)32-16-26(27)34(3)28(35)37)19-5-10-24(31-15-19)20(13-29)14-30-2/h4-5,10-16,21-22H,6-9,29H2,1-3H3,(H,33,36). The second-order valence-corrected chi connectivity index (χ2v) is 9.58. The molecule has 37 heavy (non-hydrogen) atoms. The summed E-state index contributed by atoms with van der Waals surface area (Å²) in [5.74, 6) is -0.00772. The Labute approximate surface area is 214 Å². The molecule has 0 spiro atoms. The molecule has 3 N–H and O–H groups in total. The van der Waals surface area contributed by atoms with Crippen LogP contribution in [0.2, 0.25) is 0 Å². The Bertz CT molecular complexity index is 1590. The Kier molecular flexibility index (Phi) is 6.60. The van der Waals surface area contributed by atoms with Crippen LogP contribution in [0.3, 0.4) is 0 Å². The Morgan fingerprint density at radius 2 is 1.86 bits per heavy atom. The second kappa shape index (κ2) is 10.0. The molecule has 5 rings (SSSR count). The van der Waals surface area contributed by atoms with Crippen molar-refractivity contribution in [1.29, 1.82) is 0 Å². The molecule has 1 aliphatic carbocycles. The number of imidazole rings is 1. The predicted molar refractivity (Wildman–Crippen MR) is 147 cm³/mol. The smallest absolute Gasteiger partial charge is 0.329 e. The molecule has 4 aromatic rings. The molecule has 1 aromatic carbocycles. The topological polar surface area (TPSA) is 120 Å². The second-order valence-electron chi connectivity index (χ2n) is 9.58. The molecule has 0 saturated heterocycles. The highest BCUT2D eigenvalue weighted by molar-refractivity contribution is 6.09. The first-order valence-corrected chi connectivity index (χ1v) is 12.5. The first kappa shape index (κ1) is 24.4. The van der Waals surface area contributed by atoms with Gasteiger partial charge >= 0.3 is 5.69 Å². The number of amides is 1. The van der Waals surface area contributed by atoms with Gasteiger partial charge in [0.25, 0.3) is 0 Å². The van der Waals surface area contributed by atoms with E-state index >= 15 is 0 Å². The third-order valence-electron chi connectivity index (χ3n) is 7.23. The van der Waals surface area contributed by atoms with Gasteiger partial charge in [-0.05, 0) is 49.4 Å². The van der Waals surface area contributed by atoms with Crippen LogP contribution in [0, 0.1) is 0 Å². The van der Waals surface area contributed by atoms with Crippen molar-refractivity contribution >= 4 is 39.6 Å². The van der Waals surface area contributed by atoms with Crippen LogP contribution >= 0.6 is 0 Å². The number of benzene rings is 1. The highest BCUT2D eigenvalue weighted by Gasteiger charge is 2.27. The molecular weight excluding hydrogens is 466 g/mol. The lowest BCUT2D eigenvalue weighted by molar-refractivity contribution is -0.119. The predicted octanol–water partition coefficient (Wildman–Crippen LogP) is 3.57. The third-order valence-corrected chi connectivity index (χ3v) is 7.23. The maximum absolute atomic E-state index is 13.4. The number of pyridine rings is 2. The van der Waals surface area contributed by atoms with Gasteiger partial charge in [-0.2, -0.15) is 0 Å². The summed E-state index contributed by atoms with van der Waals surface area (Å²) in [7, 11) is 3.49. The van der Waals surface area contributed by atoms with Gasteiger partial charge in [0, 0.05) is 68.2 Å². The fraction of sp³-hybridized carbons (Fsp3) is 0.321. The fourth-order valence-corrected chi connectivity index (χ4v) is 5.38. The maximum atomic E-state index is 13.4. The monoisotopic (exact) mass is 497 g/mol. The van der Waals surface area contributed by atoms with E-state index in [-0.39, 0.29) is 23.7 Å². The summed E-state index contributed by atoms with van der Waals surface area (Å²) >= 11 is 0. The molecular formula is C28H31N7O2. The molecule has 0 bridgehead atoms. The lowest BCUT2D eigenvalue weighted by Crippen LogP contribution is -2.38. The van der Waals surface area contributed by atoms with Crippen LogP contribution in [0.15, 0.2) is 58.7 Å². The van der Waals surface area contributed by atoms with E-state index in [9.17, 15) is 9.59 Å². The van der Waals surface area contributed by atoms with Gasteiger partial charge in [-0.1, -0.05) is 12.1 Å². The number of hydrogen-bond acceptors (Lipinski definition) is 6. The Hall–Kier alpha value is -4.27. The molecule has 0 aliphatic heterocycles. The largest absolute Gasteiger partial charge is 0.404 e. The SMILES string of the molecule is CN=CC(=CN)c1ccc(-c2ccc3ncc4c(c3c2)n(C2CCC(NC(C)=O)CC2)c(=O)n4C)cn1. The van der Waals surface area contributed by atoms with Crippen LogP contribution in [0.25, 0.3) is 38.6 Å². The molecule has 190 valence electrons. The molecule has 3 heterocycles. The van der Waals surface area contributed by atoms with Crippen molar-refractivity contribution < 1.29 is 4.79 Å². The number of fused-ring (bicyclic) bond motifs is 3. The average molecular weight is 498 g/mol. The van der Waals surface area contributed by atoms with Gasteiger partial charge in [0.15, 0.2) is 0 Å². The number of carbonyl (C=O) groups excluding carboxylic acids is 1. The van der Waals surface area contributed by atoms with E-state index in [0.29, 0.717) is 0 Å². The van der Waals surface area contributed by atoms with Gasteiger partial charge in [-0.15, -0.1) is 0 Å². The number of aryl methyl sites for hydroxylation is 1. The first-order valence-electron chi connectivity index (χ1n) is 12.5. The molecule has 1 fully saturated rings. The Balaban J connectivity index is 1.58. The molecule has 0 atom stereocenters. The fourth-order valence-electron chi connectivity index (χ4n) is 5.38. The van der Waals surface area contributed by atoms with Crippen LogP contribution < -0.4 is 16.7 Å². The molecule has 9 heteroatoms. The zero-order valence-electron chi connectivity index (χ0n) is 21.3. The molecule has 1 aliphatic rings. The number of nitrogens with zero attached hydrogens (tertiary/aromatic N) is 5. The summed E-state index contributed by atoms with van der Waals surface area (Å²) in [6.45, 7) is 1.55. The summed E-state index contributed by atoms with van der Waals surface area (Å²) in [5, 5.41) is 3.95. The lowest BCUT2D eigenvalue weighted by Gasteiger charge is -2.29. The van der Waals surface area contributed by atoms with Gasteiger partial charge in [-0.3, -0.25) is 28.9 Å². The quantitative estimate of drug-likeness (QED) is 0.409. The van der Waals surface area contributed by atoms with Crippen molar-refractivity contribution in [2.24, 2.45) is 17.8 Å². The number of rotatable bonds is 5. The highest BCUT2D eigenvalue weighted by atomic mass is 16.2. The van der Waals surface area contributed by atoms with Crippen molar-refractivity contribution in [2.75, 3.05) is 7.05 Å². The van der Waals surface area contributed by atoms with E-state index in [2.05, 4.69) is 26.3 Å². The van der Waals surface area contributed by atoms with Gasteiger partial charge in [0.1, 0.15) is 0 Å². The van der Waals surface area contributed by atoms with Crippen LogP contribution in [0.1, 0.15) is 44.3 Å². The van der Waals surface area contributed by atoms with Gasteiger partial charge in [0.05, 0.1) is 28.4 Å². The van der Waals surface area contributed by atoms with Crippen LogP contribution in [-0.4, -0.2) is 44.3 Å². The van der Waals surface area contributed by atoms with E-state index in [0.717, 1.165) is 70.0 Å². The number of nitrogens with two attached hydrogens (primary N) is 1. The summed E-state index contributed by atoms with van der Waals surface area (Å²) in [5.41, 5.74) is 11.7. The van der Waals surface area contributed by atoms with Gasteiger partial charge < -0.3 is 11.1 Å². The van der Waals surface area contributed by atoms with Crippen molar-refractivity contribution in [2.45, 2.75) is 44.7 Å². The Morgan fingerprint density at radius 1 is 1.11 bits per heavy atom. The minimum absolute atomic E-state index is 0.00772. The number of allylic oxidation sites excluding steroid dienone is 1. The number of aliphatic imine (C=N–C) groups is 1. The maximum Gasteiger partial charge on any atom is 0.329 e. The van der Waals surface area contributed by atoms with Gasteiger partial charge in [-0.25, -0.2) is 4.79 Å². The van der Waals surface area contributed by atoms with E-state index < -0.39 is 0 Å². The van der Waals surface area contributed by atoms with E-state index in [1.54, 1.807) is 38.0 Å². The van der Waals surface area contributed by atoms with Crippen molar-refractivity contribution in [3.8, 4) is 11.1 Å². The average Bonchev–Trinajstić information content (AvgIpc) is 3.17. The molecule has 0 unspecified atom stereocenters. The van der Waals surface area contributed by atoms with Crippen molar-refractivity contribution in [3.63, 3.8) is 0 Å². The molecule has 1 saturated carbocycles. The van der Waals surface area contributed by atoms with Crippen LogP contribution in [-0.2, 0) is 11.8 Å². The van der Waals surface area contributed by atoms with E-state index in [1.165, 1.54) is 6.20 Å². The zero-order chi connectivity index (χ0) is 26.1. The van der Waals surface area contributed by atoms with E-state index in [1.807, 2.05) is 35.0 Å². The summed E-state index contributed by atoms with van der Waals surface area (Å²) in [4.78, 5) is 38.2. The minimum Gasteiger partial charge on any atom is -0.404 e. The van der Waals surface area contributed by atoms with Crippen LogP contribution in [0.5, 0.6) is 0 Å². The minimum atomic E-state index is -0.0395. The normalized spacial score (nSPS) is 18.6. The Morgan fingerprint density at radius 3 is 2.51 bits per heavy atom. The van der Waals surface area contributed by atoms with Gasteiger partial charge in [0.2, 0.25) is 5.91 Å². The number of nitrogens with one attached hydrogen (secondary N) is 1.